The predicted octanol–water partition coefficient (Wildman–Crippen LogP) is 1.78. The molecule has 0 saturated carbocycles. The van der Waals surface area contributed by atoms with Crippen molar-refractivity contribution in [2.24, 2.45) is 0 Å². The number of aromatic nitrogens is 2. The number of rotatable bonds is 6. The molecule has 0 fully saturated rings. The van der Waals surface area contributed by atoms with Gasteiger partial charge in [-0.2, -0.15) is 5.10 Å². The Hall–Kier alpha value is -2.34. The second-order valence-corrected chi connectivity index (χ2v) is 5.35. The van der Waals surface area contributed by atoms with E-state index in [0.717, 1.165) is 11.3 Å². The lowest BCUT2D eigenvalue weighted by atomic mass is 10.3. The third kappa shape index (κ3) is 4.60. The molecule has 2 amide bonds. The average Bonchev–Trinajstić information content (AvgIpc) is 3.00. The number of para-hydroxylation sites is 1. The number of aliphatic hydroxyl groups excluding tert-OH is 1. The van der Waals surface area contributed by atoms with Crippen molar-refractivity contribution >= 4 is 6.03 Å². The van der Waals surface area contributed by atoms with E-state index in [-0.39, 0.29) is 6.03 Å². The van der Waals surface area contributed by atoms with Crippen LogP contribution >= 0.6 is 0 Å². The first-order valence-electron chi connectivity index (χ1n) is 7.32. The molecule has 118 valence electrons. The summed E-state index contributed by atoms with van der Waals surface area (Å²) in [5, 5.41) is 16.4. The van der Waals surface area contributed by atoms with Crippen LogP contribution in [-0.4, -0.2) is 45.5 Å². The number of carbonyl (C=O) groups is 1. The Balaban J connectivity index is 1.85. The number of nitrogens with zero attached hydrogens (tertiary/aromatic N) is 3. The van der Waals surface area contributed by atoms with Gasteiger partial charge in [0.25, 0.3) is 0 Å². The highest BCUT2D eigenvalue weighted by atomic mass is 16.3. The third-order valence-electron chi connectivity index (χ3n) is 3.33. The molecule has 0 radical (unpaired) electrons. The van der Waals surface area contributed by atoms with Crippen LogP contribution in [0.25, 0.3) is 5.69 Å². The van der Waals surface area contributed by atoms with E-state index < -0.39 is 6.10 Å². The van der Waals surface area contributed by atoms with Gasteiger partial charge < -0.3 is 15.3 Å². The fourth-order valence-electron chi connectivity index (χ4n) is 1.97. The Kier molecular flexibility index (Phi) is 5.55. The summed E-state index contributed by atoms with van der Waals surface area (Å²) in [6.07, 6.45) is 3.80. The van der Waals surface area contributed by atoms with Crippen molar-refractivity contribution < 1.29 is 9.90 Å². The lowest BCUT2D eigenvalue weighted by Gasteiger charge is -2.18. The Bertz CT molecular complexity index is 595. The van der Waals surface area contributed by atoms with Crippen LogP contribution in [0.2, 0.25) is 0 Å². The summed E-state index contributed by atoms with van der Waals surface area (Å²) in [5.74, 6) is 0. The number of benzene rings is 1. The van der Waals surface area contributed by atoms with E-state index in [0.29, 0.717) is 19.5 Å². The first kappa shape index (κ1) is 16.0. The molecule has 2 N–H and O–H groups in total. The van der Waals surface area contributed by atoms with E-state index in [4.69, 9.17) is 0 Å². The Morgan fingerprint density at radius 3 is 2.82 bits per heavy atom. The van der Waals surface area contributed by atoms with Gasteiger partial charge in [-0.15, -0.1) is 0 Å². The number of aliphatic hydroxyl groups is 1. The number of amides is 2. The van der Waals surface area contributed by atoms with Gasteiger partial charge in [-0.25, -0.2) is 9.48 Å². The Morgan fingerprint density at radius 2 is 2.14 bits per heavy atom. The number of nitrogens with one attached hydrogen (secondary N) is 1. The topological polar surface area (TPSA) is 70.4 Å². The Labute approximate surface area is 130 Å². The molecule has 2 rings (SSSR count). The maximum atomic E-state index is 11.9. The molecular weight excluding hydrogens is 280 g/mol. The molecule has 0 saturated heterocycles. The van der Waals surface area contributed by atoms with Gasteiger partial charge >= 0.3 is 6.03 Å². The summed E-state index contributed by atoms with van der Waals surface area (Å²) in [4.78, 5) is 13.5. The van der Waals surface area contributed by atoms with Crippen LogP contribution in [0, 0.1) is 0 Å². The van der Waals surface area contributed by atoms with E-state index in [1.165, 1.54) is 0 Å². The number of hydrogen-bond acceptors (Lipinski definition) is 3. The molecule has 0 aliphatic rings. The van der Waals surface area contributed by atoms with Gasteiger partial charge in [0.05, 0.1) is 18.0 Å². The zero-order valence-corrected chi connectivity index (χ0v) is 12.9. The highest BCUT2D eigenvalue weighted by Gasteiger charge is 2.09. The van der Waals surface area contributed by atoms with Crippen molar-refractivity contribution in [3.8, 4) is 5.69 Å². The average molecular weight is 302 g/mol. The molecule has 6 heteroatoms. The number of carbonyl (C=O) groups excluding carboxylic acids is 1. The third-order valence-corrected chi connectivity index (χ3v) is 3.33. The van der Waals surface area contributed by atoms with E-state index in [1.807, 2.05) is 36.5 Å². The van der Waals surface area contributed by atoms with Crippen molar-refractivity contribution in [1.29, 1.82) is 0 Å². The van der Waals surface area contributed by atoms with Crippen LogP contribution in [0.1, 0.15) is 18.9 Å². The zero-order valence-electron chi connectivity index (χ0n) is 12.9. The molecule has 22 heavy (non-hydrogen) atoms. The van der Waals surface area contributed by atoms with Crippen molar-refractivity contribution in [2.75, 3.05) is 13.6 Å². The molecule has 0 aliphatic carbocycles. The van der Waals surface area contributed by atoms with Gasteiger partial charge in [-0.05, 0) is 25.5 Å². The summed E-state index contributed by atoms with van der Waals surface area (Å²) < 4.78 is 1.78. The molecule has 1 aromatic heterocycles. The summed E-state index contributed by atoms with van der Waals surface area (Å²) in [6, 6.07) is 9.65. The number of urea groups is 1. The fourth-order valence-corrected chi connectivity index (χ4v) is 1.97. The standard InChI is InChI=1S/C16H22N4O2/c1-13(21)8-9-19(2)16(22)17-10-14-11-18-20(12-14)15-6-4-3-5-7-15/h3-7,11-13,21H,8-10H2,1-2H3,(H,17,22). The first-order chi connectivity index (χ1) is 10.6. The molecule has 2 aromatic rings. The van der Waals surface area contributed by atoms with Crippen molar-refractivity contribution in [2.45, 2.75) is 26.0 Å². The largest absolute Gasteiger partial charge is 0.393 e. The summed E-state index contributed by atoms with van der Waals surface area (Å²) >= 11 is 0. The van der Waals surface area contributed by atoms with Crippen molar-refractivity contribution in [3.63, 3.8) is 0 Å². The van der Waals surface area contributed by atoms with E-state index in [1.54, 1.807) is 29.7 Å². The van der Waals surface area contributed by atoms with Crippen LogP contribution in [0.5, 0.6) is 0 Å². The normalized spacial score (nSPS) is 12.0. The lowest BCUT2D eigenvalue weighted by molar-refractivity contribution is 0.163. The van der Waals surface area contributed by atoms with E-state index >= 15 is 0 Å². The minimum Gasteiger partial charge on any atom is -0.393 e. The Morgan fingerprint density at radius 1 is 1.41 bits per heavy atom. The summed E-state index contributed by atoms with van der Waals surface area (Å²) in [6.45, 7) is 2.65. The van der Waals surface area contributed by atoms with Crippen LogP contribution in [0.15, 0.2) is 42.7 Å². The van der Waals surface area contributed by atoms with Gasteiger partial charge in [0.1, 0.15) is 0 Å². The maximum absolute atomic E-state index is 11.9. The van der Waals surface area contributed by atoms with Crippen LogP contribution in [-0.2, 0) is 6.54 Å². The SMILES string of the molecule is CC(O)CCN(C)C(=O)NCc1cnn(-c2ccccc2)c1. The molecule has 6 nitrogen and oxygen atoms in total. The van der Waals surface area contributed by atoms with Gasteiger partial charge in [0, 0.05) is 31.9 Å². The van der Waals surface area contributed by atoms with Crippen molar-refractivity contribution in [1.82, 2.24) is 20.0 Å². The quantitative estimate of drug-likeness (QED) is 0.854. The minimum atomic E-state index is -0.403. The molecule has 0 bridgehead atoms. The maximum Gasteiger partial charge on any atom is 0.317 e. The summed E-state index contributed by atoms with van der Waals surface area (Å²) in [5.41, 5.74) is 1.91. The first-order valence-corrected chi connectivity index (χ1v) is 7.32. The molecule has 1 unspecified atom stereocenters. The zero-order chi connectivity index (χ0) is 15.9. The highest BCUT2D eigenvalue weighted by Crippen LogP contribution is 2.07. The second-order valence-electron chi connectivity index (χ2n) is 5.35. The summed E-state index contributed by atoms with van der Waals surface area (Å²) in [7, 11) is 1.71. The van der Waals surface area contributed by atoms with Gasteiger partial charge in [0.15, 0.2) is 0 Å². The minimum absolute atomic E-state index is 0.159. The lowest BCUT2D eigenvalue weighted by Crippen LogP contribution is -2.38. The molecular formula is C16H22N4O2. The van der Waals surface area contributed by atoms with Gasteiger partial charge in [-0.1, -0.05) is 18.2 Å². The number of hydrogen-bond donors (Lipinski definition) is 2. The molecule has 0 spiro atoms. The van der Waals surface area contributed by atoms with Crippen LogP contribution in [0.3, 0.4) is 0 Å². The molecule has 1 aromatic carbocycles. The fraction of sp³-hybridized carbons (Fsp3) is 0.375. The second kappa shape index (κ2) is 7.61. The van der Waals surface area contributed by atoms with E-state index in [2.05, 4.69) is 10.4 Å². The molecule has 0 aliphatic heterocycles. The van der Waals surface area contributed by atoms with E-state index in [9.17, 15) is 9.90 Å². The van der Waals surface area contributed by atoms with Crippen molar-refractivity contribution in [3.05, 3.63) is 48.3 Å². The molecule has 1 atom stereocenters. The smallest absolute Gasteiger partial charge is 0.317 e. The van der Waals surface area contributed by atoms with Crippen LogP contribution in [0.4, 0.5) is 4.79 Å². The predicted molar refractivity (Wildman–Crippen MR) is 84.7 cm³/mol. The van der Waals surface area contributed by atoms with Crippen LogP contribution < -0.4 is 5.32 Å². The highest BCUT2D eigenvalue weighted by molar-refractivity contribution is 5.73. The monoisotopic (exact) mass is 302 g/mol. The van der Waals surface area contributed by atoms with Gasteiger partial charge in [-0.3, -0.25) is 0 Å². The molecule has 1 heterocycles. The van der Waals surface area contributed by atoms with Gasteiger partial charge in [0.2, 0.25) is 0 Å².